The normalized spacial score (nSPS) is 12.2. The topological polar surface area (TPSA) is 76.2 Å². The van der Waals surface area contributed by atoms with E-state index in [0.717, 1.165) is 101 Å². The van der Waals surface area contributed by atoms with Gasteiger partial charge in [0.15, 0.2) is 6.61 Å². The van der Waals surface area contributed by atoms with Gasteiger partial charge in [-0.2, -0.15) is 49.2 Å². The molecule has 0 bridgehead atoms. The van der Waals surface area contributed by atoms with Crippen molar-refractivity contribution < 1.29 is 46.3 Å². The number of benzene rings is 10. The third kappa shape index (κ3) is 23.9. The first-order valence-electron chi connectivity index (χ1n) is 40.4. The number of thiophene rings is 2. The molecule has 0 atom stereocenters. The van der Waals surface area contributed by atoms with Gasteiger partial charge in [0, 0.05) is 67.0 Å². The molecule has 598 valence electrons. The number of aromatic hydroxyl groups is 3. The average Bonchev–Trinajstić information content (AvgIpc) is 0.876. The molecule has 0 aliphatic rings. The Kier molecular flexibility index (Phi) is 29.4. The molecule has 12 aromatic rings. The van der Waals surface area contributed by atoms with Crippen molar-refractivity contribution in [3.63, 3.8) is 0 Å². The van der Waals surface area contributed by atoms with E-state index in [-0.39, 0.29) is 69.5 Å². The maximum Gasteiger partial charge on any atom is 0.262 e. The number of aryl methyl sites for hydroxylation is 1. The van der Waals surface area contributed by atoms with Crippen LogP contribution in [-0.2, 0) is 69.5 Å². The first-order valence-corrected chi connectivity index (χ1v) is 42.1. The van der Waals surface area contributed by atoms with Gasteiger partial charge in [0.25, 0.3) is 5.75 Å². The number of aliphatic hydroxyl groups is 1. The fourth-order valence-electron chi connectivity index (χ4n) is 13.4. The van der Waals surface area contributed by atoms with Gasteiger partial charge in [0.2, 0.25) is 0 Å². The predicted molar refractivity (Wildman–Crippen MR) is 496 cm³/mol. The molecule has 0 aliphatic carbocycles. The summed E-state index contributed by atoms with van der Waals surface area (Å²) in [7, 11) is 0. The Balaban J connectivity index is 0.000000241. The van der Waals surface area contributed by atoms with Crippen molar-refractivity contribution in [3.8, 4) is 105 Å². The third-order valence-electron chi connectivity index (χ3n) is 21.1. The molecule has 4 nitrogen and oxygen atoms in total. The fraction of sp³-hybridized carbons (Fsp3) is 0.346. The van der Waals surface area contributed by atoms with E-state index < -0.39 is 0 Å². The van der Waals surface area contributed by atoms with E-state index in [9.17, 15) is 10.2 Å². The van der Waals surface area contributed by atoms with E-state index in [1.54, 1.807) is 22.7 Å². The SMILES string of the molecule is CC(C)(C)c1cc(-c2cc(-c3cc(C(C)(C)C)cc(C(C)(C)C)c3)cc(-c3scc(-c4ccccc4[OH+]CCCC[OH2+])c3O)c2)cc(C(C)(C)C)c1.Cc1ccccc1-c1csc(-c2cc(-c3cc(C(C)(C)C)cc(C(C)(C)C)c3)cc(-c3cc(C(C)(C)C)cc(C(C)(C)C)c3)c2)c1O.[CH2-]c1ccccc1.[CH2-]c1ccccc1.[Zr]. The summed E-state index contributed by atoms with van der Waals surface area (Å²) in [5, 5.41) is 35.5. The number of ether oxygens (including phenoxy) is 1. The molecule has 12 rings (SSSR count). The molecular weight excluding hydrogens is 1500 g/mol. The van der Waals surface area contributed by atoms with Gasteiger partial charge >= 0.3 is 0 Å². The van der Waals surface area contributed by atoms with E-state index in [2.05, 4.69) is 325 Å². The van der Waals surface area contributed by atoms with Crippen LogP contribution in [0.4, 0.5) is 0 Å². The molecule has 2 heterocycles. The van der Waals surface area contributed by atoms with Crippen LogP contribution in [0.5, 0.6) is 17.2 Å². The maximum absolute atomic E-state index is 12.0. The zero-order valence-corrected chi connectivity index (χ0v) is 77.4. The van der Waals surface area contributed by atoms with Crippen LogP contribution in [0.25, 0.3) is 87.6 Å². The molecule has 0 radical (unpaired) electrons. The van der Waals surface area contributed by atoms with Crippen molar-refractivity contribution in [3.05, 3.63) is 304 Å². The molecule has 0 amide bonds. The average molecular weight is 1640 g/mol. The summed E-state index contributed by atoms with van der Waals surface area (Å²) < 4.78 is 4.87. The zero-order chi connectivity index (χ0) is 83.1. The molecule has 10 aromatic carbocycles. The fourth-order valence-corrected chi connectivity index (χ4v) is 15.3. The van der Waals surface area contributed by atoms with Crippen molar-refractivity contribution in [2.75, 3.05) is 13.2 Å². The Morgan fingerprint density at radius 2 is 0.544 bits per heavy atom. The number of para-hydroxylation sites is 1. The van der Waals surface area contributed by atoms with Crippen LogP contribution < -0.4 is 0 Å². The Morgan fingerprint density at radius 1 is 0.298 bits per heavy atom. The summed E-state index contributed by atoms with van der Waals surface area (Å²) in [5.41, 5.74) is 29.0. The molecule has 5 N–H and O–H groups in total. The van der Waals surface area contributed by atoms with Crippen molar-refractivity contribution in [1.82, 2.24) is 0 Å². The van der Waals surface area contributed by atoms with E-state index >= 15 is 0 Å². The second-order valence-corrected chi connectivity index (χ2v) is 40.8. The van der Waals surface area contributed by atoms with Crippen molar-refractivity contribution in [2.24, 2.45) is 0 Å². The molecule has 0 saturated heterocycles. The van der Waals surface area contributed by atoms with Gasteiger partial charge in [0.1, 0.15) is 18.1 Å². The predicted octanol–water partition coefficient (Wildman–Crippen LogP) is 30.4. The molecule has 2 aromatic heterocycles. The summed E-state index contributed by atoms with van der Waals surface area (Å²) in [6, 6.07) is 78.4. The van der Waals surface area contributed by atoms with Crippen LogP contribution >= 0.6 is 22.7 Å². The van der Waals surface area contributed by atoms with E-state index in [1.165, 1.54) is 66.8 Å². The van der Waals surface area contributed by atoms with Gasteiger partial charge < -0.3 is 20.1 Å². The third-order valence-corrected chi connectivity index (χ3v) is 23.1. The molecule has 114 heavy (non-hydrogen) atoms. The summed E-state index contributed by atoms with van der Waals surface area (Å²) in [6.45, 7) is 65.6. The van der Waals surface area contributed by atoms with Crippen LogP contribution in [0.3, 0.4) is 0 Å². The molecular formula is C107H130O4S2Zr. The van der Waals surface area contributed by atoms with Crippen LogP contribution in [0.2, 0.25) is 0 Å². The minimum Gasteiger partial charge on any atom is -0.582 e. The van der Waals surface area contributed by atoms with Gasteiger partial charge in [-0.05, 0) is 204 Å². The first kappa shape index (κ1) is 91.1. The number of hydrogen-bond acceptors (Lipinski definition) is 4. The zero-order valence-electron chi connectivity index (χ0n) is 73.3. The van der Waals surface area contributed by atoms with Gasteiger partial charge in [-0.3, -0.25) is 0 Å². The van der Waals surface area contributed by atoms with E-state index in [0.29, 0.717) is 24.7 Å². The standard InChI is InChI=1S/C48H60O3S.C45H54OS.2C7H7.Zr/c1-45(2,3)36-24-33(25-37(28-36)46(4,5)6)31-21-32(34-26-38(47(7,8)9)29-39(27-34)48(10,11)12)23-35(22-31)44-43(50)41(30-52-44)40-17-13-14-18-42(40)51-20-16-15-19-49;1-28-16-14-15-17-38(28)39-27-47-41(40(39)46)33-19-29(31-21-34(42(2,3)4)25-35(22-31)43(5,6)7)18-30(20-33)32-23-36(44(8,9)10)26-37(24-32)45(11,12)13;2*1-7-5-3-2-4-6-7;/h13-14,17-18,21-30,49-50H,15-16,19-20H2,1-12H3;14-27,46H,1-13H3;2*2-6H,1H2;/q;;2*-1;/p+2. The number of hydrogen-bond donors (Lipinski definition) is 2. The molecule has 0 aliphatic heterocycles. The Labute approximate surface area is 714 Å². The Bertz CT molecular complexity index is 4850. The number of rotatable bonds is 13. The smallest absolute Gasteiger partial charge is 0.262 e. The Morgan fingerprint density at radius 3 is 0.807 bits per heavy atom. The Hall–Kier alpha value is -8.42. The summed E-state index contributed by atoms with van der Waals surface area (Å²) in [4.78, 5) is 1.76. The van der Waals surface area contributed by atoms with Gasteiger partial charge in [-0.15, -0.1) is 46.9 Å². The molecule has 0 unspecified atom stereocenters. The summed E-state index contributed by atoms with van der Waals surface area (Å²) >= 11 is 3.21. The minimum atomic E-state index is -0.0142. The van der Waals surface area contributed by atoms with Crippen molar-refractivity contribution in [2.45, 2.75) is 229 Å². The number of unbranched alkanes of at least 4 members (excludes halogenated alkanes) is 1. The second kappa shape index (κ2) is 36.8. The van der Waals surface area contributed by atoms with Gasteiger partial charge in [-0.1, -0.05) is 287 Å². The monoisotopic (exact) mass is 1630 g/mol. The summed E-state index contributed by atoms with van der Waals surface area (Å²) in [5.74, 6) is 1.52. The molecule has 7 heteroatoms. The molecule has 0 spiro atoms. The van der Waals surface area contributed by atoms with Gasteiger partial charge in [0.05, 0.1) is 15.3 Å². The quantitative estimate of drug-likeness (QED) is 0.0686. The van der Waals surface area contributed by atoms with E-state index in [1.807, 2.05) is 91.0 Å². The second-order valence-electron chi connectivity index (χ2n) is 39.1. The first-order chi connectivity index (χ1) is 52.6. The molecule has 0 fully saturated rings. The largest absolute Gasteiger partial charge is 0.582 e. The van der Waals surface area contributed by atoms with E-state index in [4.69, 9.17) is 9.84 Å². The minimum absolute atomic E-state index is 0. The van der Waals surface area contributed by atoms with Crippen LogP contribution in [-0.4, -0.2) is 33.3 Å². The van der Waals surface area contributed by atoms with Crippen molar-refractivity contribution >= 4 is 22.7 Å². The van der Waals surface area contributed by atoms with Gasteiger partial charge in [-0.25, -0.2) is 0 Å². The van der Waals surface area contributed by atoms with Crippen LogP contribution in [0.15, 0.2) is 229 Å². The molecule has 0 saturated carbocycles. The maximum atomic E-state index is 12.0. The van der Waals surface area contributed by atoms with Crippen LogP contribution in [0.1, 0.15) is 240 Å². The van der Waals surface area contributed by atoms with Crippen molar-refractivity contribution in [1.29, 1.82) is 0 Å². The summed E-state index contributed by atoms with van der Waals surface area (Å²) in [6.07, 6.45) is 1.72. The van der Waals surface area contributed by atoms with Crippen LogP contribution in [0, 0.1) is 20.8 Å².